The molecule has 6 rings (SSSR count). The van der Waals surface area contributed by atoms with Crippen molar-refractivity contribution in [3.63, 3.8) is 0 Å². The van der Waals surface area contributed by atoms with E-state index >= 15 is 0 Å². The topological polar surface area (TPSA) is 75.7 Å². The van der Waals surface area contributed by atoms with Gasteiger partial charge in [-0.2, -0.15) is 0 Å². The normalized spacial score (nSPS) is 36.0. The van der Waals surface area contributed by atoms with Crippen molar-refractivity contribution in [3.05, 3.63) is 16.0 Å². The molecule has 4 fully saturated rings. The molecule has 0 spiro atoms. The second-order valence-electron chi connectivity index (χ2n) is 9.13. The van der Waals surface area contributed by atoms with Gasteiger partial charge >= 0.3 is 0 Å². The number of rotatable bonds is 3. The van der Waals surface area contributed by atoms with Crippen LogP contribution in [0.4, 0.5) is 5.00 Å². The predicted octanol–water partition coefficient (Wildman–Crippen LogP) is 2.43. The fraction of sp³-hybridized carbons (Fsp3) is 0.667. The first-order chi connectivity index (χ1) is 13.5. The van der Waals surface area contributed by atoms with Gasteiger partial charge in [0.2, 0.25) is 11.8 Å². The van der Waals surface area contributed by atoms with Gasteiger partial charge in [-0.3, -0.25) is 14.4 Å². The highest BCUT2D eigenvalue weighted by Gasteiger charge is 2.63. The Balaban J connectivity index is 1.43. The molecule has 0 radical (unpaired) electrons. The SMILES string of the molecule is C[C@H]1CCc2c(sc(N3C(=O)[C@@H]4[C@H](C3=O)[C@@H]3CC[C@@H]4O3)c2C(=O)NC2CC2)C1. The van der Waals surface area contributed by atoms with E-state index < -0.39 is 0 Å². The Kier molecular flexibility index (Phi) is 3.61. The van der Waals surface area contributed by atoms with Gasteiger partial charge in [0.05, 0.1) is 29.6 Å². The zero-order chi connectivity index (χ0) is 19.2. The van der Waals surface area contributed by atoms with Crippen molar-refractivity contribution < 1.29 is 19.1 Å². The Labute approximate surface area is 167 Å². The Morgan fingerprint density at radius 3 is 2.39 bits per heavy atom. The average Bonchev–Trinajstić information content (AvgIpc) is 3.03. The van der Waals surface area contributed by atoms with E-state index in [1.807, 2.05) is 0 Å². The van der Waals surface area contributed by atoms with Gasteiger partial charge in [-0.15, -0.1) is 11.3 Å². The number of imide groups is 1. The molecule has 5 atom stereocenters. The molecule has 7 heteroatoms. The second kappa shape index (κ2) is 5.89. The van der Waals surface area contributed by atoms with Gasteiger partial charge in [-0.05, 0) is 56.4 Å². The summed E-state index contributed by atoms with van der Waals surface area (Å²) in [5.41, 5.74) is 1.65. The van der Waals surface area contributed by atoms with Crippen molar-refractivity contribution in [2.24, 2.45) is 17.8 Å². The summed E-state index contributed by atoms with van der Waals surface area (Å²) in [7, 11) is 0. The summed E-state index contributed by atoms with van der Waals surface area (Å²) in [5, 5.41) is 3.66. The maximum atomic E-state index is 13.3. The van der Waals surface area contributed by atoms with E-state index in [2.05, 4.69) is 12.2 Å². The molecule has 4 heterocycles. The molecule has 5 aliphatic rings. The van der Waals surface area contributed by atoms with Crippen LogP contribution in [0.15, 0.2) is 0 Å². The molecule has 2 bridgehead atoms. The minimum Gasteiger partial charge on any atom is -0.373 e. The van der Waals surface area contributed by atoms with Crippen molar-refractivity contribution in [1.29, 1.82) is 0 Å². The summed E-state index contributed by atoms with van der Waals surface area (Å²) < 4.78 is 5.85. The molecule has 3 saturated heterocycles. The van der Waals surface area contributed by atoms with E-state index in [9.17, 15) is 14.4 Å². The lowest BCUT2D eigenvalue weighted by molar-refractivity contribution is -0.124. The lowest BCUT2D eigenvalue weighted by Gasteiger charge is -2.19. The van der Waals surface area contributed by atoms with Crippen LogP contribution in [-0.2, 0) is 27.2 Å². The molecular weight excluding hydrogens is 376 g/mol. The summed E-state index contributed by atoms with van der Waals surface area (Å²) in [5.74, 6) is -0.579. The number of thiophene rings is 1. The number of amides is 3. The Hall–Kier alpha value is -1.73. The maximum absolute atomic E-state index is 13.3. The number of nitrogens with zero attached hydrogens (tertiary/aromatic N) is 1. The molecule has 3 aliphatic heterocycles. The van der Waals surface area contributed by atoms with E-state index in [0.717, 1.165) is 50.5 Å². The lowest BCUT2D eigenvalue weighted by atomic mass is 9.81. The van der Waals surface area contributed by atoms with Crippen LogP contribution in [0.2, 0.25) is 0 Å². The number of carbonyl (C=O) groups is 3. The quantitative estimate of drug-likeness (QED) is 0.791. The van der Waals surface area contributed by atoms with E-state index in [1.54, 1.807) is 0 Å². The van der Waals surface area contributed by atoms with Crippen molar-refractivity contribution in [1.82, 2.24) is 5.32 Å². The summed E-state index contributed by atoms with van der Waals surface area (Å²) in [6.07, 6.45) is 6.27. The third kappa shape index (κ3) is 2.32. The molecule has 6 nitrogen and oxygen atoms in total. The van der Waals surface area contributed by atoms with Crippen LogP contribution in [0, 0.1) is 17.8 Å². The van der Waals surface area contributed by atoms with Crippen LogP contribution in [-0.4, -0.2) is 36.0 Å². The molecule has 28 heavy (non-hydrogen) atoms. The molecular formula is C21H24N2O4S. The summed E-state index contributed by atoms with van der Waals surface area (Å²) in [6, 6.07) is 0.243. The Morgan fingerprint density at radius 2 is 1.75 bits per heavy atom. The first-order valence-corrected chi connectivity index (χ1v) is 11.3. The van der Waals surface area contributed by atoms with E-state index in [-0.39, 0.29) is 47.8 Å². The van der Waals surface area contributed by atoms with Gasteiger partial charge in [-0.25, -0.2) is 4.90 Å². The van der Waals surface area contributed by atoms with Crippen molar-refractivity contribution in [2.45, 2.75) is 70.1 Å². The summed E-state index contributed by atoms with van der Waals surface area (Å²) in [6.45, 7) is 2.22. The van der Waals surface area contributed by atoms with Gasteiger partial charge in [0, 0.05) is 10.9 Å². The number of anilines is 1. The van der Waals surface area contributed by atoms with E-state index in [0.29, 0.717) is 16.5 Å². The fourth-order valence-corrected chi connectivity index (χ4v) is 7.04. The number of fused-ring (bicyclic) bond motifs is 6. The molecule has 1 saturated carbocycles. The molecule has 3 amide bonds. The molecule has 1 aromatic rings. The van der Waals surface area contributed by atoms with Gasteiger partial charge in [0.25, 0.3) is 5.91 Å². The Morgan fingerprint density at radius 1 is 1.07 bits per heavy atom. The van der Waals surface area contributed by atoms with Crippen LogP contribution in [0.25, 0.3) is 0 Å². The smallest absolute Gasteiger partial charge is 0.254 e. The van der Waals surface area contributed by atoms with E-state index in [1.165, 1.54) is 21.1 Å². The summed E-state index contributed by atoms with van der Waals surface area (Å²) >= 11 is 1.49. The van der Waals surface area contributed by atoms with Gasteiger partial charge < -0.3 is 10.1 Å². The minimum absolute atomic E-state index is 0.110. The largest absolute Gasteiger partial charge is 0.373 e. The average molecular weight is 401 g/mol. The van der Waals surface area contributed by atoms with Crippen molar-refractivity contribution >= 4 is 34.1 Å². The monoisotopic (exact) mass is 400 g/mol. The molecule has 0 unspecified atom stereocenters. The molecule has 148 valence electrons. The maximum Gasteiger partial charge on any atom is 0.254 e. The van der Waals surface area contributed by atoms with Crippen LogP contribution in [0.3, 0.4) is 0 Å². The third-order valence-electron chi connectivity index (χ3n) is 7.12. The highest BCUT2D eigenvalue weighted by molar-refractivity contribution is 7.17. The van der Waals surface area contributed by atoms with Crippen LogP contribution in [0.5, 0.6) is 0 Å². The van der Waals surface area contributed by atoms with Crippen LogP contribution in [0.1, 0.15) is 59.8 Å². The van der Waals surface area contributed by atoms with Crippen LogP contribution >= 0.6 is 11.3 Å². The number of hydrogen-bond donors (Lipinski definition) is 1. The first-order valence-electron chi connectivity index (χ1n) is 10.5. The highest BCUT2D eigenvalue weighted by Crippen LogP contribution is 2.52. The molecule has 1 N–H and O–H groups in total. The first kappa shape index (κ1) is 17.2. The molecule has 0 aromatic carbocycles. The zero-order valence-corrected chi connectivity index (χ0v) is 16.7. The van der Waals surface area contributed by atoms with Gasteiger partial charge in [0.1, 0.15) is 5.00 Å². The van der Waals surface area contributed by atoms with Gasteiger partial charge in [0.15, 0.2) is 0 Å². The van der Waals surface area contributed by atoms with Crippen molar-refractivity contribution in [2.75, 3.05) is 4.90 Å². The third-order valence-corrected chi connectivity index (χ3v) is 8.36. The fourth-order valence-electron chi connectivity index (χ4n) is 5.53. The van der Waals surface area contributed by atoms with Gasteiger partial charge in [-0.1, -0.05) is 6.92 Å². The zero-order valence-electron chi connectivity index (χ0n) is 15.9. The molecule has 1 aromatic heterocycles. The predicted molar refractivity (Wildman–Crippen MR) is 103 cm³/mol. The number of ether oxygens (including phenoxy) is 1. The Bertz CT molecular complexity index is 876. The van der Waals surface area contributed by atoms with Crippen LogP contribution < -0.4 is 10.2 Å². The summed E-state index contributed by atoms with van der Waals surface area (Å²) in [4.78, 5) is 42.2. The molecule has 2 aliphatic carbocycles. The number of nitrogens with one attached hydrogen (secondary N) is 1. The number of carbonyl (C=O) groups excluding carboxylic acids is 3. The number of hydrogen-bond acceptors (Lipinski definition) is 5. The second-order valence-corrected chi connectivity index (χ2v) is 10.2. The standard InChI is InChI=1S/C21H24N2O4S/c1-9-2-5-11-14(8-9)28-21(15(11)18(24)22-10-3-4-10)23-19(25)16-12-6-7-13(27-12)17(16)20(23)26/h9-10,12-13,16-17H,2-8H2,1H3,(H,22,24)/t9-,12-,13-,16-,17+/m0/s1. The van der Waals surface area contributed by atoms with Crippen molar-refractivity contribution in [3.8, 4) is 0 Å². The van der Waals surface area contributed by atoms with E-state index in [4.69, 9.17) is 4.74 Å². The highest BCUT2D eigenvalue weighted by atomic mass is 32.1. The minimum atomic E-state index is -0.358. The lowest BCUT2D eigenvalue weighted by Crippen LogP contribution is -2.36.